The van der Waals surface area contributed by atoms with Crippen molar-refractivity contribution in [1.82, 2.24) is 9.97 Å². The predicted octanol–water partition coefficient (Wildman–Crippen LogP) is 3.42. The van der Waals surface area contributed by atoms with Crippen molar-refractivity contribution in [2.45, 2.75) is 6.92 Å². The molecule has 0 spiro atoms. The highest BCUT2D eigenvalue weighted by molar-refractivity contribution is 9.10. The lowest BCUT2D eigenvalue weighted by Gasteiger charge is -2.10. The zero-order valence-electron chi connectivity index (χ0n) is 10.8. The van der Waals surface area contributed by atoms with E-state index in [1.54, 1.807) is 0 Å². The Morgan fingerprint density at radius 2 is 1.84 bits per heavy atom. The first-order chi connectivity index (χ1) is 9.24. The van der Waals surface area contributed by atoms with Gasteiger partial charge in [0.15, 0.2) is 0 Å². The van der Waals surface area contributed by atoms with Crippen LogP contribution in [-0.4, -0.2) is 23.6 Å². The zero-order valence-corrected chi connectivity index (χ0v) is 12.4. The number of nitrogens with zero attached hydrogens (tertiary/aromatic N) is 2. The molecule has 5 nitrogen and oxygen atoms in total. The molecule has 0 aliphatic rings. The molecule has 2 N–H and O–H groups in total. The van der Waals surface area contributed by atoms with Crippen LogP contribution in [0.1, 0.15) is 6.92 Å². The van der Waals surface area contributed by atoms with Crippen LogP contribution in [0.3, 0.4) is 0 Å². The highest BCUT2D eigenvalue weighted by Crippen LogP contribution is 2.29. The van der Waals surface area contributed by atoms with Crippen molar-refractivity contribution in [1.29, 1.82) is 0 Å². The molecule has 0 fully saturated rings. The van der Waals surface area contributed by atoms with E-state index >= 15 is 0 Å². The molecular formula is C13H15BrN4O. The molecule has 0 aliphatic carbocycles. The second-order valence-corrected chi connectivity index (χ2v) is 4.51. The lowest BCUT2D eigenvalue weighted by molar-refractivity contribution is 0.340. The van der Waals surface area contributed by atoms with Gasteiger partial charge in [-0.05, 0) is 47.1 Å². The first-order valence-electron chi connectivity index (χ1n) is 5.92. The van der Waals surface area contributed by atoms with Gasteiger partial charge in [0.1, 0.15) is 28.2 Å². The maximum absolute atomic E-state index is 5.40. The fraction of sp³-hybridized carbons (Fsp3) is 0.231. The highest BCUT2D eigenvalue weighted by Gasteiger charge is 2.07. The SMILES string of the molecule is CCOc1ccc(Nc2ncnc(NC)c2Br)cc1. The molecule has 19 heavy (non-hydrogen) atoms. The van der Waals surface area contributed by atoms with E-state index in [2.05, 4.69) is 36.5 Å². The monoisotopic (exact) mass is 322 g/mol. The van der Waals surface area contributed by atoms with Crippen LogP contribution >= 0.6 is 15.9 Å². The van der Waals surface area contributed by atoms with Gasteiger partial charge in [0, 0.05) is 12.7 Å². The summed E-state index contributed by atoms with van der Waals surface area (Å²) >= 11 is 3.46. The Hall–Kier alpha value is -1.82. The molecule has 0 amide bonds. The number of ether oxygens (including phenoxy) is 1. The Labute approximate surface area is 120 Å². The lowest BCUT2D eigenvalue weighted by atomic mass is 10.3. The van der Waals surface area contributed by atoms with E-state index in [1.165, 1.54) is 6.33 Å². The number of nitrogens with one attached hydrogen (secondary N) is 2. The second-order valence-electron chi connectivity index (χ2n) is 3.72. The summed E-state index contributed by atoms with van der Waals surface area (Å²) in [6.45, 7) is 2.62. The standard InChI is InChI=1S/C13H15BrN4O/c1-3-19-10-6-4-9(5-7-10)18-13-11(14)12(15-2)16-8-17-13/h4-8H,3H2,1-2H3,(H2,15,16,17,18). The molecule has 0 aliphatic heterocycles. The molecule has 2 rings (SSSR count). The van der Waals surface area contributed by atoms with Gasteiger partial charge in [-0.25, -0.2) is 9.97 Å². The second kappa shape index (κ2) is 6.38. The molecule has 100 valence electrons. The summed E-state index contributed by atoms with van der Waals surface area (Å²) in [7, 11) is 1.81. The summed E-state index contributed by atoms with van der Waals surface area (Å²) in [6, 6.07) is 7.72. The van der Waals surface area contributed by atoms with Gasteiger partial charge in [0.25, 0.3) is 0 Å². The van der Waals surface area contributed by atoms with Crippen molar-refractivity contribution in [2.24, 2.45) is 0 Å². The Balaban J connectivity index is 2.16. The molecule has 6 heteroatoms. The van der Waals surface area contributed by atoms with Crippen LogP contribution in [0.4, 0.5) is 17.3 Å². The minimum Gasteiger partial charge on any atom is -0.494 e. The lowest BCUT2D eigenvalue weighted by Crippen LogP contribution is -2.00. The number of aromatic nitrogens is 2. The first kappa shape index (κ1) is 13.6. The summed E-state index contributed by atoms with van der Waals surface area (Å²) in [5.74, 6) is 2.30. The van der Waals surface area contributed by atoms with Crippen LogP contribution in [0.2, 0.25) is 0 Å². The molecule has 0 saturated heterocycles. The van der Waals surface area contributed by atoms with Gasteiger partial charge < -0.3 is 15.4 Å². The van der Waals surface area contributed by atoms with Gasteiger partial charge in [-0.1, -0.05) is 0 Å². The van der Waals surface area contributed by atoms with Crippen LogP contribution in [0.15, 0.2) is 35.1 Å². The van der Waals surface area contributed by atoms with Crippen molar-refractivity contribution in [3.05, 3.63) is 35.1 Å². The minimum absolute atomic E-state index is 0.662. The van der Waals surface area contributed by atoms with E-state index in [4.69, 9.17) is 4.74 Å². The van der Waals surface area contributed by atoms with Crippen LogP contribution in [-0.2, 0) is 0 Å². The molecule has 1 heterocycles. The number of anilines is 3. The van der Waals surface area contributed by atoms with E-state index in [0.29, 0.717) is 12.4 Å². The Bertz CT molecular complexity index is 545. The van der Waals surface area contributed by atoms with E-state index in [-0.39, 0.29) is 0 Å². The van der Waals surface area contributed by atoms with Gasteiger partial charge in [0.05, 0.1) is 6.61 Å². The summed E-state index contributed by atoms with van der Waals surface area (Å²) < 4.78 is 6.20. The average Bonchev–Trinajstić information content (AvgIpc) is 2.43. The molecule has 1 aromatic heterocycles. The molecule has 0 radical (unpaired) electrons. The Kier molecular flexibility index (Phi) is 4.57. The van der Waals surface area contributed by atoms with E-state index < -0.39 is 0 Å². The number of benzene rings is 1. The van der Waals surface area contributed by atoms with E-state index in [9.17, 15) is 0 Å². The molecule has 0 saturated carbocycles. The molecular weight excluding hydrogens is 308 g/mol. The van der Waals surface area contributed by atoms with Crippen molar-refractivity contribution >= 4 is 33.3 Å². The number of hydrogen-bond acceptors (Lipinski definition) is 5. The van der Waals surface area contributed by atoms with Crippen molar-refractivity contribution in [3.63, 3.8) is 0 Å². The molecule has 0 bridgehead atoms. The van der Waals surface area contributed by atoms with Gasteiger partial charge in [-0.15, -0.1) is 0 Å². The maximum Gasteiger partial charge on any atom is 0.150 e. The number of halogens is 1. The summed E-state index contributed by atoms with van der Waals surface area (Å²) in [4.78, 5) is 8.31. The Morgan fingerprint density at radius 1 is 1.16 bits per heavy atom. The normalized spacial score (nSPS) is 10.1. The summed E-state index contributed by atoms with van der Waals surface area (Å²) in [5, 5.41) is 6.21. The average molecular weight is 323 g/mol. The third kappa shape index (κ3) is 3.35. The van der Waals surface area contributed by atoms with Crippen LogP contribution in [0.5, 0.6) is 5.75 Å². The quantitative estimate of drug-likeness (QED) is 0.883. The number of rotatable bonds is 5. The van der Waals surface area contributed by atoms with E-state index in [0.717, 1.165) is 21.7 Å². The van der Waals surface area contributed by atoms with Crippen molar-refractivity contribution in [3.8, 4) is 5.75 Å². The molecule has 1 aromatic carbocycles. The van der Waals surface area contributed by atoms with Gasteiger partial charge in [-0.2, -0.15) is 0 Å². The predicted molar refractivity (Wildman–Crippen MR) is 80.2 cm³/mol. The molecule has 0 unspecified atom stereocenters. The highest BCUT2D eigenvalue weighted by atomic mass is 79.9. The third-order valence-corrected chi connectivity index (χ3v) is 3.21. The zero-order chi connectivity index (χ0) is 13.7. The fourth-order valence-corrected chi connectivity index (χ4v) is 2.07. The number of hydrogen-bond donors (Lipinski definition) is 2. The van der Waals surface area contributed by atoms with Gasteiger partial charge >= 0.3 is 0 Å². The molecule has 2 aromatic rings. The summed E-state index contributed by atoms with van der Waals surface area (Å²) in [6.07, 6.45) is 1.51. The smallest absolute Gasteiger partial charge is 0.150 e. The van der Waals surface area contributed by atoms with Crippen molar-refractivity contribution < 1.29 is 4.74 Å². The summed E-state index contributed by atoms with van der Waals surface area (Å²) in [5.41, 5.74) is 0.935. The van der Waals surface area contributed by atoms with Crippen LogP contribution in [0.25, 0.3) is 0 Å². The van der Waals surface area contributed by atoms with Crippen LogP contribution in [0, 0.1) is 0 Å². The fourth-order valence-electron chi connectivity index (χ4n) is 1.57. The van der Waals surface area contributed by atoms with Crippen LogP contribution < -0.4 is 15.4 Å². The Morgan fingerprint density at radius 3 is 2.47 bits per heavy atom. The maximum atomic E-state index is 5.40. The van der Waals surface area contributed by atoms with Crippen molar-refractivity contribution in [2.75, 3.05) is 24.3 Å². The molecule has 0 atom stereocenters. The largest absolute Gasteiger partial charge is 0.494 e. The van der Waals surface area contributed by atoms with E-state index in [1.807, 2.05) is 38.2 Å². The van der Waals surface area contributed by atoms with Gasteiger partial charge in [0.2, 0.25) is 0 Å². The first-order valence-corrected chi connectivity index (χ1v) is 6.72. The van der Waals surface area contributed by atoms with Gasteiger partial charge in [-0.3, -0.25) is 0 Å². The topological polar surface area (TPSA) is 59.1 Å². The minimum atomic E-state index is 0.662. The third-order valence-electron chi connectivity index (χ3n) is 2.45.